The maximum Gasteiger partial charge on any atom is 0.396 e. The van der Waals surface area contributed by atoms with Crippen LogP contribution in [0, 0.1) is 11.8 Å². The Morgan fingerprint density at radius 3 is 1.96 bits per heavy atom. The second-order valence-corrected chi connectivity index (χ2v) is 14.0. The summed E-state index contributed by atoms with van der Waals surface area (Å²) in [6.07, 6.45) is 3.32. The van der Waals surface area contributed by atoms with E-state index in [2.05, 4.69) is 20.7 Å². The third kappa shape index (κ3) is 13.8. The third-order valence-electron chi connectivity index (χ3n) is 9.27. The zero-order valence-electron chi connectivity index (χ0n) is 30.7. The van der Waals surface area contributed by atoms with Gasteiger partial charge < -0.3 is 37.1 Å². The number of esters is 1. The van der Waals surface area contributed by atoms with Gasteiger partial charge in [0, 0.05) is 31.5 Å². The van der Waals surface area contributed by atoms with Gasteiger partial charge in [-0.1, -0.05) is 74.5 Å². The van der Waals surface area contributed by atoms with Gasteiger partial charge in [-0.05, 0) is 75.0 Å². The average molecular weight is 721 g/mol. The summed E-state index contributed by atoms with van der Waals surface area (Å²) in [5.41, 5.74) is 13.8. The van der Waals surface area contributed by atoms with Crippen molar-refractivity contribution >= 4 is 35.4 Å². The first-order valence-corrected chi connectivity index (χ1v) is 18.3. The number of nitrogens with one attached hydrogen (secondary N) is 3. The van der Waals surface area contributed by atoms with E-state index in [0.717, 1.165) is 18.2 Å². The van der Waals surface area contributed by atoms with E-state index < -0.39 is 47.7 Å². The van der Waals surface area contributed by atoms with Crippen LogP contribution in [0.15, 0.2) is 60.7 Å². The van der Waals surface area contributed by atoms with E-state index in [9.17, 15) is 28.8 Å². The highest BCUT2D eigenvalue weighted by atomic mass is 16.5. The zero-order valence-corrected chi connectivity index (χ0v) is 30.7. The Bertz CT molecular complexity index is 1460. The molecule has 13 heteroatoms. The minimum atomic E-state index is -0.976. The molecule has 7 N–H and O–H groups in total. The van der Waals surface area contributed by atoms with E-state index >= 15 is 0 Å². The molecule has 3 rings (SSSR count). The second kappa shape index (κ2) is 21.7. The van der Waals surface area contributed by atoms with E-state index in [-0.39, 0.29) is 36.5 Å². The topological polar surface area (TPSA) is 203 Å². The Morgan fingerprint density at radius 2 is 1.40 bits per heavy atom. The number of hydrogen-bond donors (Lipinski definition) is 5. The van der Waals surface area contributed by atoms with Crippen molar-refractivity contribution in [1.82, 2.24) is 20.9 Å². The average Bonchev–Trinajstić information content (AvgIpc) is 3.14. The lowest BCUT2D eigenvalue weighted by molar-refractivity contribution is -0.153. The summed E-state index contributed by atoms with van der Waals surface area (Å²) < 4.78 is 4.47. The molecule has 1 aliphatic heterocycles. The van der Waals surface area contributed by atoms with E-state index in [1.807, 2.05) is 74.5 Å². The number of likely N-dealkylation sites (tertiary alicyclic amines) is 1. The SMILES string of the molecule is COC(=O)C(=O)NC1CCN(C(=O)[C@@H](CCCCN)NC(=O)[C@H](CC(=O)[C@@H](Cc2ccccc2)NC(=O)[C@H](N)Cc2ccccc2)CC(C)C)CC1. The van der Waals surface area contributed by atoms with Crippen LogP contribution in [-0.2, 0) is 46.3 Å². The van der Waals surface area contributed by atoms with Crippen molar-refractivity contribution in [3.05, 3.63) is 71.8 Å². The molecule has 2 aromatic carbocycles. The van der Waals surface area contributed by atoms with Crippen LogP contribution in [0.4, 0.5) is 0 Å². The first kappa shape index (κ1) is 41.8. The summed E-state index contributed by atoms with van der Waals surface area (Å²) in [7, 11) is 1.13. The van der Waals surface area contributed by atoms with Crippen molar-refractivity contribution in [3.63, 3.8) is 0 Å². The number of amides is 4. The number of rotatable bonds is 19. The fourth-order valence-electron chi connectivity index (χ4n) is 6.41. The van der Waals surface area contributed by atoms with Gasteiger partial charge in [0.25, 0.3) is 0 Å². The molecule has 0 aromatic heterocycles. The number of benzene rings is 2. The van der Waals surface area contributed by atoms with Gasteiger partial charge in [-0.15, -0.1) is 0 Å². The minimum absolute atomic E-state index is 0.0654. The molecule has 1 aliphatic rings. The Balaban J connectivity index is 1.73. The standard InChI is InChI=1S/C39H56N6O7/c1-26(2)22-29(25-34(46)33(24-28-14-8-5-9-15-28)44-36(48)31(41)23-27-12-6-4-7-13-27)35(47)43-32(16-10-11-19-40)38(50)45-20-17-30(18-21-45)42-37(49)39(51)52-3/h4-9,12-15,26,29-33H,10-11,16-25,40-41H2,1-3H3,(H,42,49)(H,43,47)(H,44,48)/t29-,31+,32+,33+/m0/s1. The molecule has 13 nitrogen and oxygen atoms in total. The Kier molecular flexibility index (Phi) is 17.4. The summed E-state index contributed by atoms with van der Waals surface area (Å²) in [5.74, 6) is -3.89. The van der Waals surface area contributed by atoms with E-state index in [1.54, 1.807) is 4.90 Å². The summed E-state index contributed by atoms with van der Waals surface area (Å²) in [6, 6.07) is 15.8. The first-order valence-electron chi connectivity index (χ1n) is 18.3. The highest BCUT2D eigenvalue weighted by Gasteiger charge is 2.34. The largest absolute Gasteiger partial charge is 0.462 e. The number of ketones is 1. The number of ether oxygens (including phenoxy) is 1. The van der Waals surface area contributed by atoms with Crippen molar-refractivity contribution in [2.45, 2.75) is 95.8 Å². The van der Waals surface area contributed by atoms with Crippen molar-refractivity contribution in [1.29, 1.82) is 0 Å². The molecule has 1 fully saturated rings. The van der Waals surface area contributed by atoms with Gasteiger partial charge in [0.1, 0.15) is 6.04 Å². The Labute approximate surface area is 307 Å². The molecule has 0 aliphatic carbocycles. The number of methoxy groups -OCH3 is 1. The monoisotopic (exact) mass is 720 g/mol. The molecule has 4 atom stereocenters. The van der Waals surface area contributed by atoms with Gasteiger partial charge in [0.05, 0.1) is 19.2 Å². The molecule has 284 valence electrons. The number of carbonyl (C=O) groups excluding carboxylic acids is 6. The summed E-state index contributed by atoms with van der Waals surface area (Å²) in [4.78, 5) is 80.2. The Hall–Kier alpha value is -4.62. The van der Waals surface area contributed by atoms with E-state index in [0.29, 0.717) is 64.6 Å². The van der Waals surface area contributed by atoms with Crippen LogP contribution < -0.4 is 27.4 Å². The molecule has 1 heterocycles. The quantitative estimate of drug-likeness (QED) is 0.0815. The number of unbranched alkanes of at least 4 members (excludes halogenated alkanes) is 1. The molecular weight excluding hydrogens is 664 g/mol. The van der Waals surface area contributed by atoms with E-state index in [4.69, 9.17) is 11.5 Å². The van der Waals surface area contributed by atoms with Gasteiger partial charge in [-0.2, -0.15) is 0 Å². The van der Waals surface area contributed by atoms with Gasteiger partial charge in [0.2, 0.25) is 17.7 Å². The van der Waals surface area contributed by atoms with Crippen LogP contribution in [0.2, 0.25) is 0 Å². The van der Waals surface area contributed by atoms with Crippen LogP contribution in [0.3, 0.4) is 0 Å². The molecule has 1 saturated heterocycles. The Morgan fingerprint density at radius 1 is 0.827 bits per heavy atom. The van der Waals surface area contributed by atoms with Crippen LogP contribution in [0.1, 0.15) is 69.9 Å². The van der Waals surface area contributed by atoms with Crippen molar-refractivity contribution < 1.29 is 33.5 Å². The van der Waals surface area contributed by atoms with Crippen molar-refractivity contribution in [2.24, 2.45) is 23.3 Å². The first-order chi connectivity index (χ1) is 24.9. The fraction of sp³-hybridized carbons (Fsp3) is 0.538. The maximum atomic E-state index is 14.0. The highest BCUT2D eigenvalue weighted by Crippen LogP contribution is 2.21. The number of Topliss-reactive ketones (excluding diaryl/α,β-unsaturated/α-hetero) is 1. The molecule has 2 aromatic rings. The van der Waals surface area contributed by atoms with Crippen LogP contribution in [0.5, 0.6) is 0 Å². The van der Waals surface area contributed by atoms with Gasteiger partial charge in [0.15, 0.2) is 5.78 Å². The summed E-state index contributed by atoms with van der Waals surface area (Å²) in [5, 5.41) is 8.47. The molecule has 4 amide bonds. The summed E-state index contributed by atoms with van der Waals surface area (Å²) >= 11 is 0. The lowest BCUT2D eigenvalue weighted by Crippen LogP contribution is -2.54. The van der Waals surface area contributed by atoms with Crippen molar-refractivity contribution in [3.8, 4) is 0 Å². The van der Waals surface area contributed by atoms with Crippen LogP contribution in [-0.4, -0.2) is 91.2 Å². The van der Waals surface area contributed by atoms with E-state index in [1.165, 1.54) is 0 Å². The molecular formula is C39H56N6O7. The third-order valence-corrected chi connectivity index (χ3v) is 9.27. The van der Waals surface area contributed by atoms with Gasteiger partial charge >= 0.3 is 11.9 Å². The molecule has 52 heavy (non-hydrogen) atoms. The maximum absolute atomic E-state index is 14.0. The van der Waals surface area contributed by atoms with Crippen molar-refractivity contribution in [2.75, 3.05) is 26.7 Å². The predicted molar refractivity (Wildman–Crippen MR) is 197 cm³/mol. The molecule has 0 spiro atoms. The van der Waals surface area contributed by atoms with Gasteiger partial charge in [-0.3, -0.25) is 24.0 Å². The number of hydrogen-bond acceptors (Lipinski definition) is 9. The lowest BCUT2D eigenvalue weighted by Gasteiger charge is -2.35. The second-order valence-electron chi connectivity index (χ2n) is 14.0. The number of nitrogens with two attached hydrogens (primary N) is 2. The number of carbonyl (C=O) groups is 6. The zero-order chi connectivity index (χ0) is 38.0. The molecule has 0 bridgehead atoms. The lowest BCUT2D eigenvalue weighted by atomic mass is 9.88. The fourth-order valence-corrected chi connectivity index (χ4v) is 6.41. The predicted octanol–water partition coefficient (Wildman–Crippen LogP) is 1.80. The number of nitrogens with zero attached hydrogens (tertiary/aromatic N) is 1. The molecule has 0 unspecified atom stereocenters. The number of piperidine rings is 1. The van der Waals surface area contributed by atoms with Gasteiger partial charge in [-0.25, -0.2) is 4.79 Å². The minimum Gasteiger partial charge on any atom is -0.462 e. The molecule has 0 saturated carbocycles. The normalized spacial score (nSPS) is 15.5. The smallest absolute Gasteiger partial charge is 0.396 e. The summed E-state index contributed by atoms with van der Waals surface area (Å²) in [6.45, 7) is 5.02. The van der Waals surface area contributed by atoms with Crippen LogP contribution >= 0.6 is 0 Å². The van der Waals surface area contributed by atoms with Crippen LogP contribution in [0.25, 0.3) is 0 Å². The highest BCUT2D eigenvalue weighted by molar-refractivity contribution is 6.32. The molecule has 0 radical (unpaired) electrons.